The van der Waals surface area contributed by atoms with E-state index in [9.17, 15) is 14.4 Å². The van der Waals surface area contributed by atoms with Crippen molar-refractivity contribution >= 4 is 58.6 Å². The third-order valence-electron chi connectivity index (χ3n) is 11.8. The van der Waals surface area contributed by atoms with Crippen LogP contribution in [0.15, 0.2) is 151 Å². The van der Waals surface area contributed by atoms with Crippen molar-refractivity contribution in [2.75, 3.05) is 87.4 Å². The predicted octanol–water partition coefficient (Wildman–Crippen LogP) is 9.01. The van der Waals surface area contributed by atoms with Crippen LogP contribution < -0.4 is 26.0 Å². The number of hydrogen-bond acceptors (Lipinski definition) is 14. The predicted molar refractivity (Wildman–Crippen MR) is 260 cm³/mol. The Kier molecular flexibility index (Phi) is 13.4. The van der Waals surface area contributed by atoms with Gasteiger partial charge in [-0.1, -0.05) is 77.8 Å². The number of nitrogens with one attached hydrogen (secondary N) is 1. The molecule has 340 valence electrons. The number of benzene rings is 4. The number of anilines is 3. The van der Waals surface area contributed by atoms with Crippen LogP contribution in [0.25, 0.3) is 22.6 Å². The van der Waals surface area contributed by atoms with Gasteiger partial charge in [-0.15, -0.1) is 0 Å². The summed E-state index contributed by atoms with van der Waals surface area (Å²) in [5.41, 5.74) is 4.91. The standard InChI is InChI=1S/C30H33N3O5S.C21H17NO3S2/c1-19-16-32(17-20(2)37-19)18-28(35)31-23-6-7-27-22(13-23)12-21-4-3-5-25(30(21)39-27)26-14-24(34)15-29(38-26)33-8-10-36-11-9-33;23-14-12-16(25-20(13-14)22-8-10-24-11-9-22)15-4-3-7-19-21(15)27-18-6-2-1-5-17(18)26-19/h3-7,13-15,19-20H,8-12,16-18H2,1-2H3,(H,31,35);1-7,12-13H,8-11H2/t19-,20+;. The molecule has 12 nitrogen and oxygen atoms in total. The Balaban J connectivity index is 0.000000165. The molecule has 3 saturated heterocycles. The van der Waals surface area contributed by atoms with Gasteiger partial charge in [-0.25, -0.2) is 0 Å². The lowest BCUT2D eigenvalue weighted by Crippen LogP contribution is -2.48. The molecule has 5 aliphatic heterocycles. The number of amides is 1. The summed E-state index contributed by atoms with van der Waals surface area (Å²) < 4.78 is 29.1. The highest BCUT2D eigenvalue weighted by Crippen LogP contribution is 2.52. The van der Waals surface area contributed by atoms with Crippen LogP contribution in [0.2, 0.25) is 0 Å². The van der Waals surface area contributed by atoms with E-state index in [4.69, 9.17) is 23.0 Å². The van der Waals surface area contributed by atoms with Crippen LogP contribution in [-0.2, 0) is 25.4 Å². The molecule has 2 aromatic heterocycles. The molecule has 1 amide bonds. The fourth-order valence-corrected chi connectivity index (χ4v) is 12.4. The number of ether oxygens (including phenoxy) is 3. The van der Waals surface area contributed by atoms with Crippen LogP contribution in [0.1, 0.15) is 25.0 Å². The van der Waals surface area contributed by atoms with Gasteiger partial charge in [-0.3, -0.25) is 19.3 Å². The highest BCUT2D eigenvalue weighted by Gasteiger charge is 2.27. The number of hydrogen-bond donors (Lipinski definition) is 1. The second-order valence-corrected chi connectivity index (χ2v) is 20.1. The van der Waals surface area contributed by atoms with Gasteiger partial charge >= 0.3 is 0 Å². The van der Waals surface area contributed by atoms with Gasteiger partial charge in [0.2, 0.25) is 5.91 Å². The summed E-state index contributed by atoms with van der Waals surface area (Å²) in [5, 5.41) is 3.08. The maximum absolute atomic E-state index is 12.8. The van der Waals surface area contributed by atoms with E-state index in [0.29, 0.717) is 69.4 Å². The summed E-state index contributed by atoms with van der Waals surface area (Å²) in [6, 6.07) is 33.1. The van der Waals surface area contributed by atoms with Gasteiger partial charge in [-0.05, 0) is 67.8 Å². The van der Waals surface area contributed by atoms with Gasteiger partial charge in [-0.2, -0.15) is 0 Å². The zero-order valence-corrected chi connectivity index (χ0v) is 39.2. The maximum atomic E-state index is 12.8. The smallest absolute Gasteiger partial charge is 0.238 e. The zero-order chi connectivity index (χ0) is 45.1. The molecule has 1 N–H and O–H groups in total. The molecule has 0 bridgehead atoms. The molecule has 0 saturated carbocycles. The van der Waals surface area contributed by atoms with Crippen molar-refractivity contribution in [2.45, 2.75) is 61.8 Å². The molecule has 11 rings (SSSR count). The molecule has 0 spiro atoms. The van der Waals surface area contributed by atoms with Gasteiger partial charge in [0.15, 0.2) is 22.6 Å². The van der Waals surface area contributed by atoms with Crippen LogP contribution in [-0.4, -0.2) is 95.3 Å². The summed E-state index contributed by atoms with van der Waals surface area (Å²) in [7, 11) is 0. The highest BCUT2D eigenvalue weighted by molar-refractivity contribution is 8.05. The van der Waals surface area contributed by atoms with Crippen LogP contribution in [0.5, 0.6) is 0 Å². The number of rotatable bonds is 7. The molecule has 0 unspecified atom stereocenters. The van der Waals surface area contributed by atoms with Crippen molar-refractivity contribution in [3.8, 4) is 22.6 Å². The van der Waals surface area contributed by atoms with E-state index >= 15 is 0 Å². The molecule has 4 aromatic carbocycles. The molecule has 6 aromatic rings. The van der Waals surface area contributed by atoms with E-state index in [1.807, 2.05) is 44.2 Å². The highest BCUT2D eigenvalue weighted by atomic mass is 32.2. The fourth-order valence-electron chi connectivity index (χ4n) is 8.88. The lowest BCUT2D eigenvalue weighted by molar-refractivity contribution is -0.121. The Bertz CT molecular complexity index is 2870. The van der Waals surface area contributed by atoms with Crippen molar-refractivity contribution in [2.24, 2.45) is 0 Å². The Morgan fingerprint density at radius 1 is 0.606 bits per heavy atom. The minimum atomic E-state index is -0.0714. The fraction of sp³-hybridized carbons (Fsp3) is 0.314. The summed E-state index contributed by atoms with van der Waals surface area (Å²) in [6.07, 6.45) is 0.991. The SMILES string of the molecule is C[C@@H]1CN(CC(=O)Nc2ccc3c(c2)Cc2cccc(-c4cc(=O)cc(N5CCOCC5)o4)c2S3)C[C@H](C)O1.O=c1cc(-c2cccc3c2Sc2ccccc2S3)oc(N2CCOCC2)c1. The lowest BCUT2D eigenvalue weighted by atomic mass is 10.00. The van der Waals surface area contributed by atoms with Crippen molar-refractivity contribution in [3.63, 3.8) is 0 Å². The largest absolute Gasteiger partial charge is 0.440 e. The van der Waals surface area contributed by atoms with Crippen LogP contribution in [0.4, 0.5) is 17.5 Å². The molecule has 0 radical (unpaired) electrons. The van der Waals surface area contributed by atoms with Crippen molar-refractivity contribution < 1.29 is 27.8 Å². The third kappa shape index (κ3) is 10.2. The first-order valence-corrected chi connectivity index (χ1v) is 24.8. The molecule has 7 heterocycles. The Labute approximate surface area is 396 Å². The monoisotopic (exact) mass is 942 g/mol. The number of fused-ring (bicyclic) bond motifs is 4. The molecular weight excluding hydrogens is 893 g/mol. The second-order valence-electron chi connectivity index (χ2n) is 16.9. The number of carbonyl (C=O) groups is 1. The van der Waals surface area contributed by atoms with E-state index in [-0.39, 0.29) is 29.0 Å². The average molecular weight is 943 g/mol. The summed E-state index contributed by atoms with van der Waals surface area (Å²) in [4.78, 5) is 51.1. The first-order chi connectivity index (χ1) is 32.2. The average Bonchev–Trinajstić information content (AvgIpc) is 3.32. The minimum absolute atomic E-state index is 0.0161. The summed E-state index contributed by atoms with van der Waals surface area (Å²) in [5.74, 6) is 2.38. The van der Waals surface area contributed by atoms with Crippen molar-refractivity contribution in [3.05, 3.63) is 135 Å². The van der Waals surface area contributed by atoms with E-state index in [0.717, 1.165) is 64.1 Å². The first kappa shape index (κ1) is 44.6. The van der Waals surface area contributed by atoms with Crippen LogP contribution >= 0.6 is 35.3 Å². The lowest BCUT2D eigenvalue weighted by Gasteiger charge is -2.34. The van der Waals surface area contributed by atoms with E-state index in [1.165, 1.54) is 25.8 Å². The quantitative estimate of drug-likeness (QED) is 0.163. The topological polar surface area (TPSA) is 127 Å². The summed E-state index contributed by atoms with van der Waals surface area (Å²) in [6.45, 7) is 11.4. The third-order valence-corrected chi connectivity index (χ3v) is 15.8. The van der Waals surface area contributed by atoms with Crippen LogP contribution in [0.3, 0.4) is 0 Å². The van der Waals surface area contributed by atoms with Gasteiger partial charge in [0.25, 0.3) is 0 Å². The van der Waals surface area contributed by atoms with E-state index in [2.05, 4.69) is 68.5 Å². The molecule has 3 fully saturated rings. The van der Waals surface area contributed by atoms with Crippen LogP contribution in [0, 0.1) is 0 Å². The van der Waals surface area contributed by atoms with Gasteiger partial charge in [0.1, 0.15) is 11.5 Å². The van der Waals surface area contributed by atoms with Gasteiger partial charge < -0.3 is 38.2 Å². The summed E-state index contributed by atoms with van der Waals surface area (Å²) >= 11 is 5.17. The van der Waals surface area contributed by atoms with Crippen molar-refractivity contribution in [1.82, 2.24) is 4.90 Å². The molecule has 66 heavy (non-hydrogen) atoms. The molecule has 5 aliphatic rings. The first-order valence-electron chi connectivity index (χ1n) is 22.3. The molecular formula is C51H50N4O8S3. The minimum Gasteiger partial charge on any atom is -0.440 e. The van der Waals surface area contributed by atoms with Gasteiger partial charge in [0.05, 0.1) is 45.2 Å². The number of morpholine rings is 3. The van der Waals surface area contributed by atoms with E-state index < -0.39 is 0 Å². The number of nitrogens with zero attached hydrogens (tertiary/aromatic N) is 3. The Hall–Kier alpha value is -5.26. The number of carbonyl (C=O) groups excluding carboxylic acids is 1. The normalized spacial score (nSPS) is 19.1. The zero-order valence-electron chi connectivity index (χ0n) is 36.8. The molecule has 0 aliphatic carbocycles. The molecule has 2 atom stereocenters. The Morgan fingerprint density at radius 3 is 1.80 bits per heavy atom. The molecule has 15 heteroatoms. The second kappa shape index (κ2) is 19.9. The Morgan fingerprint density at radius 2 is 1.17 bits per heavy atom. The van der Waals surface area contributed by atoms with Gasteiger partial charge in [0, 0.05) is 110 Å². The van der Waals surface area contributed by atoms with Crippen molar-refractivity contribution in [1.29, 1.82) is 0 Å². The maximum Gasteiger partial charge on any atom is 0.238 e. The van der Waals surface area contributed by atoms with E-state index in [1.54, 1.807) is 59.6 Å².